The van der Waals surface area contributed by atoms with Crippen LogP contribution in [-0.4, -0.2) is 140 Å². The van der Waals surface area contributed by atoms with Crippen molar-refractivity contribution in [2.24, 2.45) is 23.5 Å². The number of nitrogens with one attached hydrogen (secondary N) is 2. The van der Waals surface area contributed by atoms with E-state index in [9.17, 15) is 29.1 Å². The van der Waals surface area contributed by atoms with Crippen LogP contribution in [0.5, 0.6) is 0 Å². The van der Waals surface area contributed by atoms with Gasteiger partial charge in [0.2, 0.25) is 23.6 Å². The number of amides is 4. The fourth-order valence-corrected chi connectivity index (χ4v) is 7.67. The number of benzene rings is 1. The van der Waals surface area contributed by atoms with Gasteiger partial charge < -0.3 is 40.7 Å². The summed E-state index contributed by atoms with van der Waals surface area (Å²) in [4.78, 5) is 72.2. The molecule has 53 heavy (non-hydrogen) atoms. The summed E-state index contributed by atoms with van der Waals surface area (Å²) in [6.45, 7) is 11.7. The first kappa shape index (κ1) is 45.6. The second-order valence-corrected chi connectivity index (χ2v) is 15.2. The number of nitrogens with zero attached hydrogens (tertiary/aromatic N) is 3. The highest BCUT2D eigenvalue weighted by Crippen LogP contribution is 2.29. The monoisotopic (exact) mass is 746 g/mol. The number of carbonyl (C=O) groups is 5. The number of likely N-dealkylation sites (N-methyl/N-ethyl adjacent to an activating group) is 2. The molecule has 10 atom stereocenters. The van der Waals surface area contributed by atoms with Gasteiger partial charge in [-0.05, 0) is 51.3 Å². The number of rotatable bonds is 21. The first-order valence-electron chi connectivity index (χ1n) is 18.8. The molecule has 1 aromatic rings. The molecule has 5 N–H and O–H groups in total. The topological polar surface area (TPSA) is 184 Å². The molecule has 0 spiro atoms. The number of ether oxygens (including phenoxy) is 2. The smallest absolute Gasteiger partial charge is 0.326 e. The molecule has 1 aromatic carbocycles. The van der Waals surface area contributed by atoms with Crippen molar-refractivity contribution in [3.05, 3.63) is 35.9 Å². The van der Waals surface area contributed by atoms with Crippen molar-refractivity contribution in [2.75, 3.05) is 41.9 Å². The van der Waals surface area contributed by atoms with E-state index >= 15 is 0 Å². The fraction of sp³-hybridized carbons (Fsp3) is 0.718. The van der Waals surface area contributed by atoms with Gasteiger partial charge in [-0.25, -0.2) is 4.79 Å². The Balaban J connectivity index is 2.27. The van der Waals surface area contributed by atoms with Crippen LogP contribution in [0.15, 0.2) is 30.3 Å². The molecular formula is C39H66N6O8. The molecule has 3 unspecified atom stereocenters. The Kier molecular flexibility index (Phi) is 18.3. The van der Waals surface area contributed by atoms with Crippen LogP contribution in [0.25, 0.3) is 0 Å². The van der Waals surface area contributed by atoms with Crippen LogP contribution >= 0.6 is 0 Å². The van der Waals surface area contributed by atoms with Gasteiger partial charge in [0.1, 0.15) is 12.1 Å². The molecule has 1 saturated heterocycles. The Labute approximate surface area is 316 Å². The summed E-state index contributed by atoms with van der Waals surface area (Å²) in [6.07, 6.45) is 0.668. The number of likely N-dealkylation sites (tertiary alicyclic amines) is 1. The maximum atomic E-state index is 14.1. The summed E-state index contributed by atoms with van der Waals surface area (Å²) in [7, 11) is 8.29. The van der Waals surface area contributed by atoms with Crippen LogP contribution < -0.4 is 16.4 Å². The molecule has 4 amide bonds. The predicted molar refractivity (Wildman–Crippen MR) is 204 cm³/mol. The highest BCUT2D eigenvalue weighted by molar-refractivity contribution is 5.90. The van der Waals surface area contributed by atoms with Crippen molar-refractivity contribution in [1.82, 2.24) is 25.3 Å². The molecule has 1 fully saturated rings. The number of hydrogen-bond acceptors (Lipinski definition) is 9. The van der Waals surface area contributed by atoms with Crippen LogP contribution in [0.4, 0.5) is 0 Å². The summed E-state index contributed by atoms with van der Waals surface area (Å²) in [5, 5.41) is 15.4. The lowest BCUT2D eigenvalue weighted by Gasteiger charge is -2.41. The molecular weight excluding hydrogens is 680 g/mol. The number of carboxylic acid groups (broad SMARTS) is 1. The largest absolute Gasteiger partial charge is 0.480 e. The van der Waals surface area contributed by atoms with Gasteiger partial charge in [-0.1, -0.05) is 71.4 Å². The zero-order chi connectivity index (χ0) is 40.2. The SMILES string of the molecule is CC[C@H](C)[C@@H]([C@@H](CC(=O)N1CCCC1[C@H](OC)[C@@H](C)C(=O)NC(Cc1ccccc1)C(=O)O)OC)N(C)C(=O)[C@@H](NC(=O)C(C(C)C)N(C)C)[C@H](C)N. The van der Waals surface area contributed by atoms with Gasteiger partial charge in [0.25, 0.3) is 0 Å². The Hall–Kier alpha value is -3.59. The summed E-state index contributed by atoms with van der Waals surface area (Å²) < 4.78 is 11.8. The Morgan fingerprint density at radius 3 is 2.08 bits per heavy atom. The molecule has 2 rings (SSSR count). The number of aliphatic carboxylic acids is 1. The van der Waals surface area contributed by atoms with E-state index < -0.39 is 66.3 Å². The number of hydrogen-bond donors (Lipinski definition) is 4. The van der Waals surface area contributed by atoms with Crippen LogP contribution in [0, 0.1) is 17.8 Å². The molecule has 0 aromatic heterocycles. The average Bonchev–Trinajstić information content (AvgIpc) is 3.59. The summed E-state index contributed by atoms with van der Waals surface area (Å²) in [5.41, 5.74) is 7.08. The highest BCUT2D eigenvalue weighted by atomic mass is 16.5. The van der Waals surface area contributed by atoms with Gasteiger partial charge in [0.15, 0.2) is 0 Å². The van der Waals surface area contributed by atoms with Crippen molar-refractivity contribution in [1.29, 1.82) is 0 Å². The van der Waals surface area contributed by atoms with E-state index in [0.717, 1.165) is 5.56 Å². The van der Waals surface area contributed by atoms with Crippen molar-refractivity contribution in [3.63, 3.8) is 0 Å². The maximum Gasteiger partial charge on any atom is 0.326 e. The zero-order valence-corrected chi connectivity index (χ0v) is 33.7. The van der Waals surface area contributed by atoms with Gasteiger partial charge in [-0.15, -0.1) is 0 Å². The molecule has 0 saturated carbocycles. The molecule has 14 nitrogen and oxygen atoms in total. The third-order valence-electron chi connectivity index (χ3n) is 10.7. The third kappa shape index (κ3) is 12.2. The second-order valence-electron chi connectivity index (χ2n) is 15.2. The van der Waals surface area contributed by atoms with Crippen LogP contribution in [0.3, 0.4) is 0 Å². The quantitative estimate of drug-likeness (QED) is 0.145. The number of methoxy groups -OCH3 is 2. The summed E-state index contributed by atoms with van der Waals surface area (Å²) in [6, 6.07) is 4.82. The maximum absolute atomic E-state index is 14.1. The molecule has 1 heterocycles. The standard InChI is InChI=1S/C39H66N6O8/c1-12-24(4)34(44(9)38(49)32(26(6)40)42-37(48)33(23(2)3)43(7)8)30(52-10)22-31(46)45-20-16-19-29(45)35(53-11)25(5)36(47)41-28(39(50)51)21-27-17-14-13-15-18-27/h13-15,17-18,23-26,28-30,32-35H,12,16,19-22,40H2,1-11H3,(H,41,47)(H,42,48)(H,50,51)/t24-,25+,26-,28?,29?,30+,32-,33?,34-,35+/m0/s1. The number of carboxylic acids is 1. The molecule has 1 aliphatic heterocycles. The van der Waals surface area contributed by atoms with Crippen LogP contribution in [0.2, 0.25) is 0 Å². The zero-order valence-electron chi connectivity index (χ0n) is 33.7. The van der Waals surface area contributed by atoms with E-state index in [1.54, 1.807) is 30.7 Å². The van der Waals surface area contributed by atoms with E-state index in [-0.39, 0.29) is 42.4 Å². The summed E-state index contributed by atoms with van der Waals surface area (Å²) in [5.74, 6) is -3.36. The lowest BCUT2D eigenvalue weighted by atomic mass is 9.89. The normalized spacial score (nSPS) is 19.7. The average molecular weight is 747 g/mol. The predicted octanol–water partition coefficient (Wildman–Crippen LogP) is 2.14. The first-order valence-corrected chi connectivity index (χ1v) is 18.8. The lowest BCUT2D eigenvalue weighted by Crippen LogP contribution is -2.62. The second kappa shape index (κ2) is 21.3. The van der Waals surface area contributed by atoms with Crippen LogP contribution in [0.1, 0.15) is 72.8 Å². The number of nitrogens with two attached hydrogens (primary N) is 1. The van der Waals surface area contributed by atoms with Crippen molar-refractivity contribution < 1.29 is 38.6 Å². The Morgan fingerprint density at radius 2 is 1.58 bits per heavy atom. The van der Waals surface area contributed by atoms with Gasteiger partial charge in [-0.2, -0.15) is 0 Å². The first-order chi connectivity index (χ1) is 24.9. The van der Waals surface area contributed by atoms with Crippen molar-refractivity contribution >= 4 is 29.6 Å². The van der Waals surface area contributed by atoms with Crippen molar-refractivity contribution in [2.45, 2.75) is 122 Å². The van der Waals surface area contributed by atoms with Gasteiger partial charge in [0, 0.05) is 40.3 Å². The Bertz CT molecular complexity index is 1340. The Morgan fingerprint density at radius 1 is 0.962 bits per heavy atom. The molecule has 0 aliphatic carbocycles. The van der Waals surface area contributed by atoms with E-state index in [1.807, 2.05) is 77.0 Å². The third-order valence-corrected chi connectivity index (χ3v) is 10.7. The van der Waals surface area contributed by atoms with Gasteiger partial charge in [0.05, 0.1) is 42.7 Å². The lowest BCUT2D eigenvalue weighted by molar-refractivity contribution is -0.148. The summed E-state index contributed by atoms with van der Waals surface area (Å²) >= 11 is 0. The molecule has 1 aliphatic rings. The minimum Gasteiger partial charge on any atom is -0.480 e. The van der Waals surface area contributed by atoms with Gasteiger partial charge in [-0.3, -0.25) is 24.1 Å². The highest BCUT2D eigenvalue weighted by Gasteiger charge is 2.43. The minimum absolute atomic E-state index is 0.00547. The van der Waals surface area contributed by atoms with E-state index in [4.69, 9.17) is 15.2 Å². The molecule has 0 radical (unpaired) electrons. The fourth-order valence-electron chi connectivity index (χ4n) is 7.67. The molecule has 300 valence electrons. The van der Waals surface area contributed by atoms with Crippen molar-refractivity contribution in [3.8, 4) is 0 Å². The molecule has 0 bridgehead atoms. The van der Waals surface area contributed by atoms with E-state index in [2.05, 4.69) is 10.6 Å². The molecule has 14 heteroatoms. The number of carbonyl (C=O) groups excluding carboxylic acids is 4. The minimum atomic E-state index is -1.14. The van der Waals surface area contributed by atoms with Gasteiger partial charge >= 0.3 is 5.97 Å². The van der Waals surface area contributed by atoms with E-state index in [1.165, 1.54) is 14.2 Å². The van der Waals surface area contributed by atoms with Crippen LogP contribution in [-0.2, 0) is 39.9 Å². The van der Waals surface area contributed by atoms with E-state index in [0.29, 0.717) is 25.8 Å².